The van der Waals surface area contributed by atoms with Gasteiger partial charge in [0.2, 0.25) is 0 Å². The van der Waals surface area contributed by atoms with E-state index >= 15 is 0 Å². The fourth-order valence-electron chi connectivity index (χ4n) is 4.30. The van der Waals surface area contributed by atoms with Gasteiger partial charge in [-0.05, 0) is 12.8 Å². The molecule has 0 radical (unpaired) electrons. The molecular weight excluding hydrogens is 262 g/mol. The molecule has 5 atom stereocenters. The Hall–Kier alpha value is -1.14. The van der Waals surface area contributed by atoms with Crippen LogP contribution in [0.25, 0.3) is 0 Å². The number of esters is 2. The van der Waals surface area contributed by atoms with E-state index in [-0.39, 0.29) is 30.1 Å². The maximum absolute atomic E-state index is 12.1. The molecule has 20 heavy (non-hydrogen) atoms. The Morgan fingerprint density at radius 1 is 1.30 bits per heavy atom. The summed E-state index contributed by atoms with van der Waals surface area (Å²) in [7, 11) is 0. The Labute approximate surface area is 117 Å². The monoisotopic (exact) mass is 282 g/mol. The minimum Gasteiger partial charge on any atom is -0.458 e. The Bertz CT molecular complexity index is 433. The molecule has 110 valence electrons. The predicted molar refractivity (Wildman–Crippen MR) is 65.8 cm³/mol. The van der Waals surface area contributed by atoms with E-state index in [4.69, 9.17) is 14.2 Å². The number of fused-ring (bicyclic) bond motifs is 1. The van der Waals surface area contributed by atoms with Gasteiger partial charge in [0.1, 0.15) is 25.3 Å². The summed E-state index contributed by atoms with van der Waals surface area (Å²) < 4.78 is 16.3. The maximum atomic E-state index is 12.1. The molecule has 4 rings (SSSR count). The van der Waals surface area contributed by atoms with E-state index in [9.17, 15) is 9.59 Å². The van der Waals surface area contributed by atoms with Crippen LogP contribution in [0.3, 0.4) is 0 Å². The molecule has 0 aromatic heterocycles. The van der Waals surface area contributed by atoms with Crippen molar-refractivity contribution < 1.29 is 28.7 Å². The fraction of sp³-hybridized carbons (Fsp3) is 0.857. The van der Waals surface area contributed by atoms with Crippen LogP contribution in [0.2, 0.25) is 0 Å². The third-order valence-electron chi connectivity index (χ3n) is 5.28. The Balaban J connectivity index is 1.35. The van der Waals surface area contributed by atoms with Crippen LogP contribution in [-0.2, 0) is 23.8 Å². The van der Waals surface area contributed by atoms with Crippen molar-refractivity contribution in [3.63, 3.8) is 0 Å². The van der Waals surface area contributed by atoms with Gasteiger partial charge < -0.3 is 19.1 Å². The van der Waals surface area contributed by atoms with E-state index in [1.54, 1.807) is 0 Å². The first-order chi connectivity index (χ1) is 9.72. The van der Waals surface area contributed by atoms with Crippen LogP contribution in [0, 0.1) is 17.8 Å². The highest BCUT2D eigenvalue weighted by Gasteiger charge is 2.63. The van der Waals surface area contributed by atoms with Gasteiger partial charge in [-0.2, -0.15) is 0 Å². The smallest absolute Gasteiger partial charge is 0.362 e. The Morgan fingerprint density at radius 3 is 2.90 bits per heavy atom. The molecule has 5 unspecified atom stereocenters. The lowest BCUT2D eigenvalue weighted by Gasteiger charge is -2.27. The average Bonchev–Trinajstić information content (AvgIpc) is 3.04. The SMILES string of the molecule is O=C(C[NH+]1CCOCC1)OC1C2CC3C(=O)OC1C3C2. The quantitative estimate of drug-likeness (QED) is 0.631. The van der Waals surface area contributed by atoms with E-state index in [0.717, 1.165) is 25.9 Å². The van der Waals surface area contributed by atoms with Crippen LogP contribution in [0.1, 0.15) is 12.8 Å². The summed E-state index contributed by atoms with van der Waals surface area (Å²) >= 11 is 0. The summed E-state index contributed by atoms with van der Waals surface area (Å²) in [6, 6.07) is 0. The zero-order valence-corrected chi connectivity index (χ0v) is 11.4. The van der Waals surface area contributed by atoms with E-state index in [2.05, 4.69) is 0 Å². The second kappa shape index (κ2) is 4.70. The van der Waals surface area contributed by atoms with E-state index in [0.29, 0.717) is 31.6 Å². The van der Waals surface area contributed by atoms with Crippen molar-refractivity contribution in [1.82, 2.24) is 0 Å². The fourth-order valence-corrected chi connectivity index (χ4v) is 4.30. The summed E-state index contributed by atoms with van der Waals surface area (Å²) in [5.74, 6) is 0.440. The summed E-state index contributed by atoms with van der Waals surface area (Å²) in [6.07, 6.45) is 1.44. The van der Waals surface area contributed by atoms with Crippen LogP contribution in [0.5, 0.6) is 0 Å². The van der Waals surface area contributed by atoms with Crippen molar-refractivity contribution in [3.8, 4) is 0 Å². The van der Waals surface area contributed by atoms with E-state index in [1.807, 2.05) is 0 Å². The Kier molecular flexibility index (Phi) is 2.96. The van der Waals surface area contributed by atoms with Crippen LogP contribution in [0.4, 0.5) is 0 Å². The van der Waals surface area contributed by atoms with Crippen molar-refractivity contribution in [3.05, 3.63) is 0 Å². The molecule has 4 fully saturated rings. The molecule has 0 aromatic rings. The summed E-state index contributed by atoms with van der Waals surface area (Å²) in [4.78, 5) is 24.9. The highest BCUT2D eigenvalue weighted by atomic mass is 16.6. The van der Waals surface area contributed by atoms with Gasteiger partial charge in [-0.25, -0.2) is 4.79 Å². The molecule has 6 heteroatoms. The summed E-state index contributed by atoms with van der Waals surface area (Å²) in [5.41, 5.74) is 0. The first-order valence-electron chi connectivity index (χ1n) is 7.53. The lowest BCUT2D eigenvalue weighted by Crippen LogP contribution is -3.15. The van der Waals surface area contributed by atoms with Gasteiger partial charge >= 0.3 is 11.9 Å². The van der Waals surface area contributed by atoms with Crippen LogP contribution in [-0.4, -0.2) is 57.0 Å². The van der Waals surface area contributed by atoms with Crippen molar-refractivity contribution in [2.45, 2.75) is 25.0 Å². The standard InChI is InChI=1S/C14H19NO5/c16-11(7-15-1-3-18-4-2-15)19-12-8-5-9-10(6-8)14(17)20-13(9)12/h8-10,12-13H,1-7H2/p+1. The number of morpholine rings is 1. The lowest BCUT2D eigenvalue weighted by atomic mass is 9.88. The third kappa shape index (κ3) is 1.93. The molecule has 2 bridgehead atoms. The van der Waals surface area contributed by atoms with Crippen LogP contribution in [0.15, 0.2) is 0 Å². The van der Waals surface area contributed by atoms with Crippen molar-refractivity contribution >= 4 is 11.9 Å². The minimum atomic E-state index is -0.198. The van der Waals surface area contributed by atoms with Crippen molar-refractivity contribution in [2.24, 2.45) is 17.8 Å². The van der Waals surface area contributed by atoms with E-state index in [1.165, 1.54) is 4.90 Å². The number of hydrogen-bond donors (Lipinski definition) is 1. The second-order valence-electron chi connectivity index (χ2n) is 6.40. The van der Waals surface area contributed by atoms with Gasteiger partial charge in [0.25, 0.3) is 0 Å². The van der Waals surface area contributed by atoms with E-state index < -0.39 is 0 Å². The first-order valence-corrected chi connectivity index (χ1v) is 7.53. The van der Waals surface area contributed by atoms with Gasteiger partial charge in [-0.15, -0.1) is 0 Å². The zero-order valence-electron chi connectivity index (χ0n) is 11.4. The number of nitrogens with one attached hydrogen (secondary N) is 1. The molecule has 2 saturated heterocycles. The number of carbonyl (C=O) groups is 2. The highest BCUT2D eigenvalue weighted by molar-refractivity contribution is 5.77. The molecule has 1 N–H and O–H groups in total. The summed E-state index contributed by atoms with van der Waals surface area (Å²) in [5, 5.41) is 0. The molecule has 2 aliphatic carbocycles. The normalized spacial score (nSPS) is 42.8. The number of ether oxygens (including phenoxy) is 3. The topological polar surface area (TPSA) is 66.3 Å². The number of quaternary nitrogens is 1. The van der Waals surface area contributed by atoms with Crippen LogP contribution < -0.4 is 4.90 Å². The van der Waals surface area contributed by atoms with Crippen LogP contribution >= 0.6 is 0 Å². The van der Waals surface area contributed by atoms with Gasteiger partial charge in [-0.1, -0.05) is 0 Å². The molecular formula is C14H20NO5+. The van der Waals surface area contributed by atoms with Gasteiger partial charge in [0, 0.05) is 11.8 Å². The molecule has 0 aromatic carbocycles. The largest absolute Gasteiger partial charge is 0.458 e. The third-order valence-corrected chi connectivity index (χ3v) is 5.28. The lowest BCUT2D eigenvalue weighted by molar-refractivity contribution is -0.900. The number of rotatable bonds is 3. The van der Waals surface area contributed by atoms with Gasteiger partial charge in [-0.3, -0.25) is 4.79 Å². The minimum absolute atomic E-state index is 0.0739. The molecule has 6 nitrogen and oxygen atoms in total. The summed E-state index contributed by atoms with van der Waals surface area (Å²) in [6.45, 7) is 3.51. The molecule has 0 amide bonds. The van der Waals surface area contributed by atoms with Gasteiger partial charge in [0.15, 0.2) is 6.54 Å². The molecule has 0 spiro atoms. The highest BCUT2D eigenvalue weighted by Crippen LogP contribution is 2.55. The predicted octanol–water partition coefficient (Wildman–Crippen LogP) is -1.61. The zero-order chi connectivity index (χ0) is 13.7. The molecule has 4 aliphatic rings. The van der Waals surface area contributed by atoms with Gasteiger partial charge in [0.05, 0.1) is 19.1 Å². The molecule has 2 heterocycles. The molecule has 2 saturated carbocycles. The molecule has 2 aliphatic heterocycles. The second-order valence-corrected chi connectivity index (χ2v) is 6.40. The number of carbonyl (C=O) groups excluding carboxylic acids is 2. The maximum Gasteiger partial charge on any atom is 0.362 e. The Morgan fingerprint density at radius 2 is 2.10 bits per heavy atom. The average molecular weight is 282 g/mol. The van der Waals surface area contributed by atoms with Crippen molar-refractivity contribution in [2.75, 3.05) is 32.8 Å². The number of hydrogen-bond acceptors (Lipinski definition) is 5. The first kappa shape index (κ1) is 12.6. The van der Waals surface area contributed by atoms with Crippen molar-refractivity contribution in [1.29, 1.82) is 0 Å².